The van der Waals surface area contributed by atoms with Crippen LogP contribution in [-0.2, 0) is 0 Å². The van der Waals surface area contributed by atoms with E-state index in [1.54, 1.807) is 14.2 Å². The predicted molar refractivity (Wildman–Crippen MR) is 127 cm³/mol. The zero-order chi connectivity index (χ0) is 21.9. The minimum atomic E-state index is 0.0202. The van der Waals surface area contributed by atoms with Crippen LogP contribution in [0, 0.1) is 0 Å². The van der Waals surface area contributed by atoms with Gasteiger partial charge in [0.2, 0.25) is 0 Å². The molecule has 3 rings (SSSR count). The molecule has 1 aliphatic rings. The second kappa shape index (κ2) is 12.3. The third kappa shape index (κ3) is 6.45. The molecule has 0 aliphatic carbocycles. The smallest absolute Gasteiger partial charge is 0.191 e. The van der Waals surface area contributed by atoms with Gasteiger partial charge in [-0.1, -0.05) is 55.0 Å². The van der Waals surface area contributed by atoms with Gasteiger partial charge < -0.3 is 20.5 Å². The Balaban J connectivity index is 1.66. The van der Waals surface area contributed by atoms with E-state index in [0.29, 0.717) is 6.54 Å². The van der Waals surface area contributed by atoms with Gasteiger partial charge in [-0.25, -0.2) is 0 Å². The van der Waals surface area contributed by atoms with Crippen molar-refractivity contribution in [3.63, 3.8) is 0 Å². The van der Waals surface area contributed by atoms with Crippen molar-refractivity contribution in [3.8, 4) is 5.75 Å². The van der Waals surface area contributed by atoms with Crippen LogP contribution in [0.25, 0.3) is 0 Å². The van der Waals surface area contributed by atoms with Crippen LogP contribution in [0.4, 0.5) is 0 Å². The Morgan fingerprint density at radius 3 is 2.35 bits per heavy atom. The number of piperidine rings is 1. The van der Waals surface area contributed by atoms with Crippen molar-refractivity contribution in [2.45, 2.75) is 31.2 Å². The first kappa shape index (κ1) is 23.1. The van der Waals surface area contributed by atoms with Crippen molar-refractivity contribution in [2.24, 2.45) is 4.99 Å². The van der Waals surface area contributed by atoms with E-state index in [2.05, 4.69) is 32.7 Å². The third-order valence-electron chi connectivity index (χ3n) is 6.02. The average Bonchev–Trinajstić information content (AvgIpc) is 2.84. The lowest BCUT2D eigenvalue weighted by Crippen LogP contribution is -2.45. The van der Waals surface area contributed by atoms with E-state index in [9.17, 15) is 5.11 Å². The highest BCUT2D eigenvalue weighted by Crippen LogP contribution is 2.30. The second-order valence-electron chi connectivity index (χ2n) is 7.98. The van der Waals surface area contributed by atoms with Crippen molar-refractivity contribution in [1.82, 2.24) is 15.5 Å². The SMILES string of the molecule is CN=C(NCC(CO)c1ccccc1)NCC(c1ccccc1OC)N1CCCCC1. The van der Waals surface area contributed by atoms with Crippen LogP contribution in [-0.4, -0.2) is 62.9 Å². The Labute approximate surface area is 186 Å². The number of aliphatic hydroxyl groups is 1. The van der Waals surface area contributed by atoms with Crippen molar-refractivity contribution >= 4 is 5.96 Å². The maximum atomic E-state index is 9.84. The lowest BCUT2D eigenvalue weighted by atomic mass is 10.00. The summed E-state index contributed by atoms with van der Waals surface area (Å²) in [6.07, 6.45) is 3.76. The van der Waals surface area contributed by atoms with Crippen molar-refractivity contribution in [2.75, 3.05) is 46.9 Å². The van der Waals surface area contributed by atoms with Crippen molar-refractivity contribution in [3.05, 3.63) is 65.7 Å². The van der Waals surface area contributed by atoms with Gasteiger partial charge in [0.15, 0.2) is 5.96 Å². The largest absolute Gasteiger partial charge is 0.496 e. The molecule has 2 aromatic rings. The Hall–Kier alpha value is -2.57. The summed E-state index contributed by atoms with van der Waals surface area (Å²) in [5.41, 5.74) is 2.32. The minimum absolute atomic E-state index is 0.0202. The first-order chi connectivity index (χ1) is 15.3. The molecule has 1 saturated heterocycles. The number of hydrogen-bond donors (Lipinski definition) is 3. The number of rotatable bonds is 9. The molecule has 0 spiro atoms. The van der Waals surface area contributed by atoms with Crippen LogP contribution in [0.1, 0.15) is 42.3 Å². The molecular weight excluding hydrogens is 388 g/mol. The molecular formula is C25H36N4O2. The highest BCUT2D eigenvalue weighted by Gasteiger charge is 2.25. The zero-order valence-corrected chi connectivity index (χ0v) is 18.8. The summed E-state index contributed by atoms with van der Waals surface area (Å²) in [7, 11) is 3.52. The van der Waals surface area contributed by atoms with Gasteiger partial charge in [-0.2, -0.15) is 0 Å². The van der Waals surface area contributed by atoms with Gasteiger partial charge in [-0.05, 0) is 37.6 Å². The number of hydrogen-bond acceptors (Lipinski definition) is 4. The molecule has 168 valence electrons. The molecule has 0 amide bonds. The highest BCUT2D eigenvalue weighted by atomic mass is 16.5. The van der Waals surface area contributed by atoms with E-state index in [-0.39, 0.29) is 18.6 Å². The minimum Gasteiger partial charge on any atom is -0.496 e. The van der Waals surface area contributed by atoms with Gasteiger partial charge in [0, 0.05) is 31.6 Å². The summed E-state index contributed by atoms with van der Waals surface area (Å²) in [6, 6.07) is 18.6. The monoisotopic (exact) mass is 424 g/mol. The number of likely N-dealkylation sites (tertiary alicyclic amines) is 1. The summed E-state index contributed by atoms with van der Waals surface area (Å²) in [6.45, 7) is 3.62. The Kier molecular flexibility index (Phi) is 9.18. The predicted octanol–water partition coefficient (Wildman–Crippen LogP) is 3.16. The summed E-state index contributed by atoms with van der Waals surface area (Å²) in [5.74, 6) is 1.69. The first-order valence-corrected chi connectivity index (χ1v) is 11.2. The number of guanidine groups is 1. The normalized spacial score (nSPS) is 17.1. The number of nitrogens with one attached hydrogen (secondary N) is 2. The van der Waals surface area contributed by atoms with Crippen LogP contribution >= 0.6 is 0 Å². The average molecular weight is 425 g/mol. The van der Waals surface area contributed by atoms with E-state index in [0.717, 1.165) is 36.9 Å². The summed E-state index contributed by atoms with van der Waals surface area (Å²) in [4.78, 5) is 6.95. The van der Waals surface area contributed by atoms with E-state index in [4.69, 9.17) is 4.74 Å². The molecule has 0 bridgehead atoms. The Morgan fingerprint density at radius 1 is 1.00 bits per heavy atom. The second-order valence-corrected chi connectivity index (χ2v) is 7.98. The fourth-order valence-corrected chi connectivity index (χ4v) is 4.25. The van der Waals surface area contributed by atoms with Gasteiger partial charge in [0.25, 0.3) is 0 Å². The van der Waals surface area contributed by atoms with Crippen molar-refractivity contribution in [1.29, 1.82) is 0 Å². The maximum Gasteiger partial charge on any atom is 0.191 e. The number of aliphatic hydroxyl groups excluding tert-OH is 1. The fourth-order valence-electron chi connectivity index (χ4n) is 4.25. The van der Waals surface area contributed by atoms with Gasteiger partial charge in [-0.15, -0.1) is 0 Å². The van der Waals surface area contributed by atoms with E-state index in [1.807, 2.05) is 42.5 Å². The quantitative estimate of drug-likeness (QED) is 0.426. The first-order valence-electron chi connectivity index (χ1n) is 11.2. The van der Waals surface area contributed by atoms with Gasteiger partial charge in [-0.3, -0.25) is 9.89 Å². The van der Waals surface area contributed by atoms with Crippen LogP contribution in [0.15, 0.2) is 59.6 Å². The molecule has 0 saturated carbocycles. The topological polar surface area (TPSA) is 69.1 Å². The maximum absolute atomic E-state index is 9.84. The van der Waals surface area contributed by atoms with Gasteiger partial charge in [0.1, 0.15) is 5.75 Å². The molecule has 0 aromatic heterocycles. The molecule has 2 unspecified atom stereocenters. The summed E-state index contributed by atoms with van der Waals surface area (Å²) < 4.78 is 5.66. The Bertz CT molecular complexity index is 806. The van der Waals surface area contributed by atoms with Crippen LogP contribution in [0.5, 0.6) is 5.75 Å². The highest BCUT2D eigenvalue weighted by molar-refractivity contribution is 5.79. The number of para-hydroxylation sites is 1. The molecule has 6 nitrogen and oxygen atoms in total. The van der Waals surface area contributed by atoms with E-state index < -0.39 is 0 Å². The van der Waals surface area contributed by atoms with E-state index in [1.165, 1.54) is 24.8 Å². The molecule has 1 aliphatic heterocycles. The van der Waals surface area contributed by atoms with Crippen LogP contribution in [0.2, 0.25) is 0 Å². The number of ether oxygens (including phenoxy) is 1. The van der Waals surface area contributed by atoms with Crippen molar-refractivity contribution < 1.29 is 9.84 Å². The zero-order valence-electron chi connectivity index (χ0n) is 18.8. The molecule has 1 heterocycles. The van der Waals surface area contributed by atoms with Gasteiger partial charge >= 0.3 is 0 Å². The summed E-state index contributed by atoms with van der Waals surface area (Å²) in [5, 5.41) is 16.7. The number of nitrogens with zero attached hydrogens (tertiary/aromatic N) is 2. The Morgan fingerprint density at radius 2 is 1.68 bits per heavy atom. The number of aliphatic imine (C=N–C) groups is 1. The molecule has 31 heavy (non-hydrogen) atoms. The molecule has 2 atom stereocenters. The third-order valence-corrected chi connectivity index (χ3v) is 6.02. The molecule has 1 fully saturated rings. The summed E-state index contributed by atoms with van der Waals surface area (Å²) >= 11 is 0. The molecule has 6 heteroatoms. The van der Waals surface area contributed by atoms with Crippen LogP contribution in [0.3, 0.4) is 0 Å². The van der Waals surface area contributed by atoms with Crippen LogP contribution < -0.4 is 15.4 Å². The fraction of sp³-hybridized carbons (Fsp3) is 0.480. The van der Waals surface area contributed by atoms with Gasteiger partial charge in [0.05, 0.1) is 19.8 Å². The standard InChI is InChI=1S/C25H36N4O2/c1-26-25(27-17-21(19-30)20-11-5-3-6-12-20)28-18-23(29-15-9-4-10-16-29)22-13-7-8-14-24(22)31-2/h3,5-8,11-14,21,23,30H,4,9-10,15-19H2,1-2H3,(H2,26,27,28). The van der Waals surface area contributed by atoms with E-state index >= 15 is 0 Å². The number of methoxy groups -OCH3 is 1. The molecule has 3 N–H and O–H groups in total. The molecule has 0 radical (unpaired) electrons. The number of benzene rings is 2. The lowest BCUT2D eigenvalue weighted by Gasteiger charge is -2.36. The molecule has 2 aromatic carbocycles. The lowest BCUT2D eigenvalue weighted by molar-refractivity contribution is 0.161.